The minimum absolute atomic E-state index is 0.0781. The summed E-state index contributed by atoms with van der Waals surface area (Å²) >= 11 is 0. The van der Waals surface area contributed by atoms with Gasteiger partial charge in [-0.1, -0.05) is 59.6 Å². The van der Waals surface area contributed by atoms with Crippen molar-refractivity contribution in [3.63, 3.8) is 0 Å². The van der Waals surface area contributed by atoms with Crippen LogP contribution in [0, 0.1) is 34.5 Å². The summed E-state index contributed by atoms with van der Waals surface area (Å²) in [6, 6.07) is -4.41. The number of ketones is 2. The average molecular weight is 572 g/mol. The molecule has 0 aromatic carbocycles. The van der Waals surface area contributed by atoms with Gasteiger partial charge in [-0.3, -0.25) is 24.0 Å². The van der Waals surface area contributed by atoms with E-state index in [4.69, 9.17) is 5.73 Å². The number of carbonyl (C=O) groups is 6. The van der Waals surface area contributed by atoms with Crippen molar-refractivity contribution in [3.05, 3.63) is 12.2 Å². The van der Waals surface area contributed by atoms with Crippen LogP contribution in [-0.2, 0) is 24.0 Å². The van der Waals surface area contributed by atoms with Gasteiger partial charge in [0.05, 0.1) is 6.04 Å². The van der Waals surface area contributed by atoms with Crippen LogP contribution in [0.2, 0.25) is 0 Å². The van der Waals surface area contributed by atoms with Gasteiger partial charge in [-0.25, -0.2) is 4.79 Å². The summed E-state index contributed by atoms with van der Waals surface area (Å²) in [6.07, 6.45) is 3.76. The van der Waals surface area contributed by atoms with Gasteiger partial charge in [-0.05, 0) is 54.8 Å². The Morgan fingerprint density at radius 3 is 2.10 bits per heavy atom. The zero-order valence-electron chi connectivity index (χ0n) is 25.0. The van der Waals surface area contributed by atoms with Crippen LogP contribution in [0.1, 0.15) is 73.6 Å². The summed E-state index contributed by atoms with van der Waals surface area (Å²) in [4.78, 5) is 79.3. The number of fused-ring (bicyclic) bond motifs is 1. The van der Waals surface area contributed by atoms with Crippen molar-refractivity contribution in [2.45, 2.75) is 97.8 Å². The number of nitrogens with one attached hydrogen (secondary N) is 3. The number of piperidine rings is 1. The van der Waals surface area contributed by atoms with Crippen LogP contribution in [-0.4, -0.2) is 70.9 Å². The van der Waals surface area contributed by atoms with Gasteiger partial charge in [0.15, 0.2) is 5.78 Å². The normalized spacial score (nSPS) is 26.6. The Morgan fingerprint density at radius 2 is 1.61 bits per heavy atom. The maximum Gasteiger partial charge on any atom is 0.316 e. The first-order valence-electron chi connectivity index (χ1n) is 14.7. The predicted molar refractivity (Wildman–Crippen MR) is 151 cm³/mol. The van der Waals surface area contributed by atoms with Gasteiger partial charge in [0.2, 0.25) is 17.6 Å². The Hall–Kier alpha value is -3.24. The zero-order valence-corrected chi connectivity index (χ0v) is 25.0. The third-order valence-corrected chi connectivity index (χ3v) is 9.32. The number of Topliss-reactive ketones (excluding diaryl/α,β-unsaturated/α-hetero) is 2. The summed E-state index contributed by atoms with van der Waals surface area (Å²) in [7, 11) is 0. The number of urea groups is 1. The molecule has 1 aliphatic heterocycles. The minimum Gasteiger partial charge on any atom is -0.363 e. The predicted octanol–water partition coefficient (Wildman–Crippen LogP) is 1.45. The first-order valence-corrected chi connectivity index (χ1v) is 14.7. The van der Waals surface area contributed by atoms with E-state index in [1.54, 1.807) is 6.92 Å². The molecule has 0 bridgehead atoms. The summed E-state index contributed by atoms with van der Waals surface area (Å²) in [5, 5.41) is 8.21. The molecule has 3 aliphatic carbocycles. The monoisotopic (exact) mass is 571 g/mol. The second kappa shape index (κ2) is 10.9. The SMILES string of the molecule is C=C(C)[C@H](NC(=O)N[C@H](C(=O)N1C[C@H]2[C@@H]([C@H]1C(=O)NC(CC1CC1)C(=O)C(N)=O)C2(C)C)C(C)(C)C)C(=O)C1CC1. The number of primary amides is 1. The molecule has 4 rings (SSSR count). The largest absolute Gasteiger partial charge is 0.363 e. The second-order valence-corrected chi connectivity index (χ2v) is 14.2. The van der Waals surface area contributed by atoms with Crippen LogP contribution >= 0.6 is 0 Å². The van der Waals surface area contributed by atoms with E-state index in [9.17, 15) is 28.8 Å². The molecule has 6 atom stereocenters. The van der Waals surface area contributed by atoms with E-state index >= 15 is 0 Å². The van der Waals surface area contributed by atoms with Crippen molar-refractivity contribution >= 4 is 35.3 Å². The molecule has 1 heterocycles. The van der Waals surface area contributed by atoms with Crippen molar-refractivity contribution in [2.75, 3.05) is 6.54 Å². The maximum absolute atomic E-state index is 14.1. The lowest BCUT2D eigenvalue weighted by Gasteiger charge is -2.38. The molecule has 5 N–H and O–H groups in total. The minimum atomic E-state index is -1.10. The molecule has 11 nitrogen and oxygen atoms in total. The van der Waals surface area contributed by atoms with Gasteiger partial charge < -0.3 is 26.6 Å². The summed E-state index contributed by atoms with van der Waals surface area (Å²) in [5.41, 5.74) is 4.87. The lowest BCUT2D eigenvalue weighted by molar-refractivity contribution is -0.145. The smallest absolute Gasteiger partial charge is 0.316 e. The van der Waals surface area contributed by atoms with E-state index in [-0.39, 0.29) is 34.9 Å². The molecular weight excluding hydrogens is 526 g/mol. The quantitative estimate of drug-likeness (QED) is 0.204. The zero-order chi connectivity index (χ0) is 30.6. The Bertz CT molecular complexity index is 1160. The molecule has 0 aromatic rings. The molecule has 1 saturated heterocycles. The summed E-state index contributed by atoms with van der Waals surface area (Å²) < 4.78 is 0. The number of nitrogens with two attached hydrogens (primary N) is 1. The van der Waals surface area contributed by atoms with Gasteiger partial charge in [-0.2, -0.15) is 0 Å². The van der Waals surface area contributed by atoms with E-state index < -0.39 is 59.1 Å². The number of rotatable bonds is 12. The van der Waals surface area contributed by atoms with Crippen LogP contribution in [0.4, 0.5) is 4.79 Å². The Morgan fingerprint density at radius 1 is 1.00 bits per heavy atom. The molecule has 11 heteroatoms. The van der Waals surface area contributed by atoms with E-state index in [1.807, 2.05) is 34.6 Å². The van der Waals surface area contributed by atoms with Gasteiger partial charge in [-0.15, -0.1) is 0 Å². The highest BCUT2D eigenvalue weighted by molar-refractivity contribution is 6.37. The fourth-order valence-corrected chi connectivity index (χ4v) is 6.32. The first-order chi connectivity index (χ1) is 18.9. The van der Waals surface area contributed by atoms with Gasteiger partial charge >= 0.3 is 6.03 Å². The molecule has 5 amide bonds. The highest BCUT2D eigenvalue weighted by Crippen LogP contribution is 2.65. The number of amides is 5. The topological polar surface area (TPSA) is 168 Å². The molecular formula is C30H45N5O6. The van der Waals surface area contributed by atoms with Crippen molar-refractivity contribution in [3.8, 4) is 0 Å². The molecule has 41 heavy (non-hydrogen) atoms. The Kier molecular flexibility index (Phi) is 8.14. The molecule has 0 radical (unpaired) electrons. The molecule has 4 aliphatic rings. The average Bonchev–Trinajstić information content (AvgIpc) is 3.80. The molecule has 1 unspecified atom stereocenters. The van der Waals surface area contributed by atoms with Crippen LogP contribution in [0.3, 0.4) is 0 Å². The summed E-state index contributed by atoms with van der Waals surface area (Å²) in [6.45, 7) is 15.4. The number of hydrogen-bond acceptors (Lipinski definition) is 6. The number of likely N-dealkylation sites (tertiary alicyclic amines) is 1. The Balaban J connectivity index is 1.52. The molecule has 0 spiro atoms. The molecule has 226 valence electrons. The fraction of sp³-hybridized carbons (Fsp3) is 0.733. The lowest BCUT2D eigenvalue weighted by atomic mass is 9.85. The number of nitrogens with zero attached hydrogens (tertiary/aromatic N) is 1. The summed E-state index contributed by atoms with van der Waals surface area (Å²) in [5.74, 6) is -2.83. The van der Waals surface area contributed by atoms with Crippen molar-refractivity contribution in [2.24, 2.45) is 40.2 Å². The van der Waals surface area contributed by atoms with Crippen LogP contribution < -0.4 is 21.7 Å². The Labute approximate surface area is 241 Å². The maximum atomic E-state index is 14.1. The van der Waals surface area contributed by atoms with Gasteiger partial charge in [0.25, 0.3) is 5.91 Å². The third-order valence-electron chi connectivity index (χ3n) is 9.32. The van der Waals surface area contributed by atoms with Gasteiger partial charge in [0.1, 0.15) is 18.1 Å². The molecule has 3 saturated carbocycles. The lowest BCUT2D eigenvalue weighted by Crippen LogP contribution is -2.62. The standard InChI is InChI=1S/C30H45N5O6/c1-14(2)20(22(36)16-10-11-16)33-28(41)34-24(29(3,4)5)27(40)35-13-17-19(30(17,6)7)21(35)26(39)32-18(12-15-8-9-15)23(37)25(31)38/h15-21,24H,1,8-13H2,2-7H3,(H2,31,38)(H,32,39)(H2,33,34,41)/t17-,18?,19-,20-,21-,24+/m0/s1. The van der Waals surface area contributed by atoms with Crippen molar-refractivity contribution < 1.29 is 28.8 Å². The van der Waals surface area contributed by atoms with Crippen molar-refractivity contribution in [1.29, 1.82) is 0 Å². The molecule has 4 fully saturated rings. The van der Waals surface area contributed by atoms with E-state index in [1.165, 1.54) is 4.90 Å². The number of hydrogen-bond donors (Lipinski definition) is 4. The van der Waals surface area contributed by atoms with Crippen LogP contribution in [0.5, 0.6) is 0 Å². The highest BCUT2D eigenvalue weighted by Gasteiger charge is 2.70. The van der Waals surface area contributed by atoms with E-state index in [0.717, 1.165) is 25.7 Å². The van der Waals surface area contributed by atoms with E-state index in [0.29, 0.717) is 18.5 Å². The fourth-order valence-electron chi connectivity index (χ4n) is 6.32. The van der Waals surface area contributed by atoms with Crippen LogP contribution in [0.15, 0.2) is 12.2 Å². The molecule has 0 aromatic heterocycles. The first kappa shape index (κ1) is 30.7. The van der Waals surface area contributed by atoms with Gasteiger partial charge in [0, 0.05) is 12.5 Å². The second-order valence-electron chi connectivity index (χ2n) is 14.2. The highest BCUT2D eigenvalue weighted by atomic mass is 16.2. The van der Waals surface area contributed by atoms with E-state index in [2.05, 4.69) is 22.5 Å². The number of carbonyl (C=O) groups excluding carboxylic acids is 6. The third kappa shape index (κ3) is 6.48. The van der Waals surface area contributed by atoms with Crippen molar-refractivity contribution in [1.82, 2.24) is 20.9 Å². The van der Waals surface area contributed by atoms with Crippen LogP contribution in [0.25, 0.3) is 0 Å².